The highest BCUT2D eigenvalue weighted by atomic mass is 16.6. The molecule has 0 saturated carbocycles. The van der Waals surface area contributed by atoms with Gasteiger partial charge in [-0.15, -0.1) is 0 Å². The van der Waals surface area contributed by atoms with Gasteiger partial charge in [-0.3, -0.25) is 4.79 Å². The van der Waals surface area contributed by atoms with Gasteiger partial charge in [-0.25, -0.2) is 9.59 Å². The Balaban J connectivity index is 2.23. The highest BCUT2D eigenvalue weighted by Crippen LogP contribution is 2.05. The molecule has 0 aromatic carbocycles. The Morgan fingerprint density at radius 3 is 2.56 bits per heavy atom. The Kier molecular flexibility index (Phi) is 4.97. The quantitative estimate of drug-likeness (QED) is 0.599. The molecule has 1 rings (SSSR count). The molecule has 0 fully saturated rings. The fourth-order valence-electron chi connectivity index (χ4n) is 1.04. The molecule has 0 radical (unpaired) electrons. The van der Waals surface area contributed by atoms with Gasteiger partial charge in [0.25, 0.3) is 0 Å². The molecule has 8 nitrogen and oxygen atoms in total. The molecule has 0 atom stereocenters. The molecule has 1 amide bonds. The van der Waals surface area contributed by atoms with Crippen molar-refractivity contribution >= 4 is 12.1 Å². The van der Waals surface area contributed by atoms with Gasteiger partial charge < -0.3 is 23.6 Å². The molecule has 0 unspecified atom stereocenters. The van der Waals surface area contributed by atoms with Crippen molar-refractivity contribution in [2.45, 2.75) is 20.5 Å². The average molecular weight is 259 g/mol. The number of nitrogens with one attached hydrogen (secondary N) is 1. The van der Waals surface area contributed by atoms with E-state index in [1.165, 1.54) is 13.8 Å². The highest BCUT2D eigenvalue weighted by molar-refractivity contribution is 5.67. The lowest BCUT2D eigenvalue weighted by molar-refractivity contribution is -0.140. The largest absolute Gasteiger partial charge is 0.519 e. The maximum Gasteiger partial charge on any atom is 0.519 e. The lowest BCUT2D eigenvalue weighted by Crippen LogP contribution is -2.28. The number of aryl methyl sites for hydroxylation is 1. The van der Waals surface area contributed by atoms with Crippen molar-refractivity contribution < 1.29 is 27.9 Å². The van der Waals surface area contributed by atoms with Crippen LogP contribution in [-0.4, -0.2) is 25.2 Å². The molecular weight excluding hydrogens is 246 g/mol. The molecule has 1 heterocycles. The summed E-state index contributed by atoms with van der Waals surface area (Å²) < 4.78 is 18.5. The van der Waals surface area contributed by atoms with E-state index in [1.807, 2.05) is 0 Å². The van der Waals surface area contributed by atoms with Crippen LogP contribution < -0.4 is 11.1 Å². The van der Waals surface area contributed by atoms with E-state index in [2.05, 4.69) is 18.9 Å². The molecular formula is C10H13NO7. The third kappa shape index (κ3) is 4.73. The summed E-state index contributed by atoms with van der Waals surface area (Å²) in [4.78, 5) is 32.3. The Morgan fingerprint density at radius 1 is 1.28 bits per heavy atom. The van der Waals surface area contributed by atoms with Crippen LogP contribution in [0.2, 0.25) is 0 Å². The van der Waals surface area contributed by atoms with Gasteiger partial charge in [0.2, 0.25) is 0 Å². The predicted molar refractivity (Wildman–Crippen MR) is 56.8 cm³/mol. The molecule has 0 bridgehead atoms. The SMILES string of the molecule is CC(=O)OCCNC(=O)OCc1oc(=O)oc1C. The first-order valence-electron chi connectivity index (χ1n) is 5.12. The standard InChI is InChI=1S/C10H13NO7/c1-6-8(18-10(14)17-6)5-16-9(13)11-3-4-15-7(2)12/h3-5H2,1-2H3,(H,11,13). The zero-order valence-electron chi connectivity index (χ0n) is 9.98. The Morgan fingerprint density at radius 2 is 2.00 bits per heavy atom. The second-order valence-electron chi connectivity index (χ2n) is 3.28. The van der Waals surface area contributed by atoms with Crippen LogP contribution in [0.5, 0.6) is 0 Å². The Hall–Kier alpha value is -2.25. The number of rotatable bonds is 5. The van der Waals surface area contributed by atoms with Gasteiger partial charge in [-0.2, -0.15) is 0 Å². The predicted octanol–water partition coefficient (Wildman–Crippen LogP) is 0.331. The van der Waals surface area contributed by atoms with E-state index >= 15 is 0 Å². The van der Waals surface area contributed by atoms with Gasteiger partial charge in [0.15, 0.2) is 18.1 Å². The number of amides is 1. The molecule has 1 N–H and O–H groups in total. The maximum absolute atomic E-state index is 11.2. The monoisotopic (exact) mass is 259 g/mol. The fourth-order valence-corrected chi connectivity index (χ4v) is 1.04. The fraction of sp³-hybridized carbons (Fsp3) is 0.500. The molecule has 1 aromatic heterocycles. The molecule has 8 heteroatoms. The van der Waals surface area contributed by atoms with Crippen LogP contribution in [-0.2, 0) is 20.9 Å². The van der Waals surface area contributed by atoms with E-state index in [9.17, 15) is 14.4 Å². The molecule has 100 valence electrons. The summed E-state index contributed by atoms with van der Waals surface area (Å²) in [5.74, 6) is -0.870. The first-order valence-corrected chi connectivity index (χ1v) is 5.12. The molecule has 0 aliphatic carbocycles. The van der Waals surface area contributed by atoms with Gasteiger partial charge >= 0.3 is 17.9 Å². The summed E-state index contributed by atoms with van der Waals surface area (Å²) in [6, 6.07) is 0. The number of carbonyl (C=O) groups excluding carboxylic acids is 2. The molecule has 0 aliphatic heterocycles. The van der Waals surface area contributed by atoms with Crippen molar-refractivity contribution in [1.82, 2.24) is 5.32 Å². The van der Waals surface area contributed by atoms with Crippen molar-refractivity contribution in [3.63, 3.8) is 0 Å². The number of esters is 1. The molecule has 0 spiro atoms. The Bertz CT molecular complexity index is 473. The van der Waals surface area contributed by atoms with Crippen LogP contribution in [0, 0.1) is 6.92 Å². The summed E-state index contributed by atoms with van der Waals surface area (Å²) in [6.45, 7) is 2.76. The molecule has 0 saturated heterocycles. The topological polar surface area (TPSA) is 108 Å². The van der Waals surface area contributed by atoms with Crippen molar-refractivity contribution in [2.24, 2.45) is 0 Å². The van der Waals surface area contributed by atoms with Crippen LogP contribution in [0.25, 0.3) is 0 Å². The Labute approximate surface area is 102 Å². The number of hydrogen-bond donors (Lipinski definition) is 1. The molecule has 18 heavy (non-hydrogen) atoms. The van der Waals surface area contributed by atoms with Gasteiger partial charge in [-0.05, 0) is 6.92 Å². The zero-order chi connectivity index (χ0) is 13.5. The summed E-state index contributed by atoms with van der Waals surface area (Å²) in [7, 11) is 0. The molecule has 1 aromatic rings. The normalized spacial score (nSPS) is 9.89. The lowest BCUT2D eigenvalue weighted by Gasteiger charge is -2.05. The zero-order valence-corrected chi connectivity index (χ0v) is 9.98. The van der Waals surface area contributed by atoms with Crippen molar-refractivity contribution in [2.75, 3.05) is 13.2 Å². The summed E-state index contributed by atoms with van der Waals surface area (Å²) >= 11 is 0. The number of ether oxygens (including phenoxy) is 2. The van der Waals surface area contributed by atoms with E-state index in [1.54, 1.807) is 0 Å². The van der Waals surface area contributed by atoms with Crippen molar-refractivity contribution in [1.29, 1.82) is 0 Å². The highest BCUT2D eigenvalue weighted by Gasteiger charge is 2.11. The smallest absolute Gasteiger partial charge is 0.464 e. The average Bonchev–Trinajstić information content (AvgIpc) is 2.60. The number of carbonyl (C=O) groups is 2. The summed E-state index contributed by atoms with van der Waals surface area (Å²) in [5, 5.41) is 2.35. The molecule has 0 aliphatic rings. The summed E-state index contributed by atoms with van der Waals surface area (Å²) in [5.41, 5.74) is 0. The van der Waals surface area contributed by atoms with E-state index < -0.39 is 17.9 Å². The first kappa shape index (κ1) is 13.8. The lowest BCUT2D eigenvalue weighted by atomic mass is 10.4. The van der Waals surface area contributed by atoms with Crippen LogP contribution in [0.4, 0.5) is 4.79 Å². The minimum absolute atomic E-state index is 0.0598. The maximum atomic E-state index is 11.2. The van der Waals surface area contributed by atoms with Gasteiger partial charge in [0.1, 0.15) is 6.61 Å². The van der Waals surface area contributed by atoms with Gasteiger partial charge in [0.05, 0.1) is 6.54 Å². The van der Waals surface area contributed by atoms with Crippen LogP contribution >= 0.6 is 0 Å². The number of alkyl carbamates (subject to hydrolysis) is 1. The van der Waals surface area contributed by atoms with E-state index in [-0.39, 0.29) is 31.3 Å². The first-order chi connectivity index (χ1) is 8.49. The second kappa shape index (κ2) is 6.48. The van der Waals surface area contributed by atoms with Crippen LogP contribution in [0.3, 0.4) is 0 Å². The summed E-state index contributed by atoms with van der Waals surface area (Å²) in [6.07, 6.45) is -0.717. The van der Waals surface area contributed by atoms with Gasteiger partial charge in [0, 0.05) is 6.92 Å². The van der Waals surface area contributed by atoms with Crippen LogP contribution in [0.1, 0.15) is 18.4 Å². The van der Waals surface area contributed by atoms with Crippen molar-refractivity contribution in [3.05, 3.63) is 22.1 Å². The van der Waals surface area contributed by atoms with E-state index in [4.69, 9.17) is 4.74 Å². The van der Waals surface area contributed by atoms with Crippen molar-refractivity contribution in [3.8, 4) is 0 Å². The minimum atomic E-state index is -0.846. The minimum Gasteiger partial charge on any atom is -0.464 e. The van der Waals surface area contributed by atoms with Gasteiger partial charge in [-0.1, -0.05) is 0 Å². The van der Waals surface area contributed by atoms with E-state index in [0.717, 1.165) is 0 Å². The third-order valence-corrected chi connectivity index (χ3v) is 1.85. The second-order valence-corrected chi connectivity index (χ2v) is 3.28. The third-order valence-electron chi connectivity index (χ3n) is 1.85. The van der Waals surface area contributed by atoms with Crippen LogP contribution in [0.15, 0.2) is 13.6 Å². The van der Waals surface area contributed by atoms with E-state index in [0.29, 0.717) is 0 Å². The number of hydrogen-bond acceptors (Lipinski definition) is 7.